The van der Waals surface area contributed by atoms with E-state index in [0.29, 0.717) is 12.1 Å². The van der Waals surface area contributed by atoms with Crippen LogP contribution in [-0.4, -0.2) is 12.1 Å². The van der Waals surface area contributed by atoms with Crippen LogP contribution in [0.1, 0.15) is 58.8 Å². The summed E-state index contributed by atoms with van der Waals surface area (Å²) in [7, 11) is 0. The second kappa shape index (κ2) is 5.87. The lowest BCUT2D eigenvalue weighted by Crippen LogP contribution is -2.43. The quantitative estimate of drug-likeness (QED) is 0.811. The Labute approximate surface area is 106 Å². The highest BCUT2D eigenvalue weighted by molar-refractivity contribution is 4.98. The van der Waals surface area contributed by atoms with E-state index in [4.69, 9.17) is 5.26 Å². The molecule has 2 saturated carbocycles. The fourth-order valence-electron chi connectivity index (χ4n) is 3.60. The van der Waals surface area contributed by atoms with Crippen molar-refractivity contribution in [3.63, 3.8) is 0 Å². The van der Waals surface area contributed by atoms with Gasteiger partial charge in [-0.05, 0) is 37.5 Å². The Morgan fingerprint density at radius 1 is 1.12 bits per heavy atom. The standard InChI is InChI=1S/C15H26N2/c1-11(2)12-5-3-7-14(9-12)17-15-8-4-6-13(15)10-16/h11-15,17H,3-9H2,1-2H3. The summed E-state index contributed by atoms with van der Waals surface area (Å²) in [4.78, 5) is 0. The maximum absolute atomic E-state index is 9.12. The highest BCUT2D eigenvalue weighted by Crippen LogP contribution is 2.32. The SMILES string of the molecule is CC(C)C1CCCC(NC2CCCC2C#N)C1. The summed E-state index contributed by atoms with van der Waals surface area (Å²) in [5, 5.41) is 12.9. The molecular weight excluding hydrogens is 208 g/mol. The molecule has 4 unspecified atom stereocenters. The Bertz CT molecular complexity index is 279. The van der Waals surface area contributed by atoms with Crippen molar-refractivity contribution in [2.45, 2.75) is 70.9 Å². The number of hydrogen-bond acceptors (Lipinski definition) is 2. The van der Waals surface area contributed by atoms with Gasteiger partial charge in [-0.3, -0.25) is 0 Å². The number of rotatable bonds is 3. The minimum absolute atomic E-state index is 0.273. The molecule has 4 atom stereocenters. The molecule has 0 aromatic carbocycles. The van der Waals surface area contributed by atoms with E-state index in [0.717, 1.165) is 18.3 Å². The zero-order valence-electron chi connectivity index (χ0n) is 11.3. The summed E-state index contributed by atoms with van der Waals surface area (Å²) in [6.07, 6.45) is 8.96. The predicted octanol–water partition coefficient (Wildman–Crippen LogP) is 3.48. The highest BCUT2D eigenvalue weighted by Gasteiger charge is 2.31. The molecular formula is C15H26N2. The first-order valence-electron chi connectivity index (χ1n) is 7.36. The van der Waals surface area contributed by atoms with Crippen LogP contribution in [-0.2, 0) is 0 Å². The number of hydrogen-bond donors (Lipinski definition) is 1. The van der Waals surface area contributed by atoms with Crippen LogP contribution < -0.4 is 5.32 Å². The molecule has 17 heavy (non-hydrogen) atoms. The van der Waals surface area contributed by atoms with Gasteiger partial charge in [0, 0.05) is 12.1 Å². The topological polar surface area (TPSA) is 35.8 Å². The van der Waals surface area contributed by atoms with Crippen LogP contribution in [0.25, 0.3) is 0 Å². The molecule has 0 aromatic heterocycles. The van der Waals surface area contributed by atoms with Crippen molar-refractivity contribution in [2.24, 2.45) is 17.8 Å². The van der Waals surface area contributed by atoms with Crippen LogP contribution in [0.15, 0.2) is 0 Å². The largest absolute Gasteiger partial charge is 0.310 e. The third-order valence-electron chi connectivity index (χ3n) is 4.79. The minimum Gasteiger partial charge on any atom is -0.310 e. The zero-order chi connectivity index (χ0) is 12.3. The summed E-state index contributed by atoms with van der Waals surface area (Å²) in [6.45, 7) is 4.70. The van der Waals surface area contributed by atoms with Gasteiger partial charge >= 0.3 is 0 Å². The number of nitriles is 1. The van der Waals surface area contributed by atoms with Gasteiger partial charge in [0.1, 0.15) is 0 Å². The fourth-order valence-corrected chi connectivity index (χ4v) is 3.60. The molecule has 0 heterocycles. The van der Waals surface area contributed by atoms with E-state index < -0.39 is 0 Å². The zero-order valence-corrected chi connectivity index (χ0v) is 11.3. The fraction of sp³-hybridized carbons (Fsp3) is 0.933. The van der Waals surface area contributed by atoms with Gasteiger partial charge in [-0.1, -0.05) is 33.1 Å². The predicted molar refractivity (Wildman–Crippen MR) is 70.5 cm³/mol. The third kappa shape index (κ3) is 3.22. The monoisotopic (exact) mass is 234 g/mol. The van der Waals surface area contributed by atoms with Gasteiger partial charge in [-0.15, -0.1) is 0 Å². The molecule has 0 spiro atoms. The maximum atomic E-state index is 9.12. The van der Waals surface area contributed by atoms with Gasteiger partial charge < -0.3 is 5.32 Å². The molecule has 0 amide bonds. The van der Waals surface area contributed by atoms with E-state index in [1.54, 1.807) is 0 Å². The van der Waals surface area contributed by atoms with E-state index in [1.165, 1.54) is 38.5 Å². The molecule has 2 aliphatic carbocycles. The van der Waals surface area contributed by atoms with Crippen molar-refractivity contribution in [1.29, 1.82) is 5.26 Å². The Morgan fingerprint density at radius 2 is 1.88 bits per heavy atom. The summed E-state index contributed by atoms with van der Waals surface area (Å²) in [5.41, 5.74) is 0. The van der Waals surface area contributed by atoms with Crippen LogP contribution in [0.3, 0.4) is 0 Å². The second-order valence-corrected chi connectivity index (χ2v) is 6.31. The summed E-state index contributed by atoms with van der Waals surface area (Å²) >= 11 is 0. The molecule has 2 rings (SSSR count). The molecule has 2 heteroatoms. The average molecular weight is 234 g/mol. The van der Waals surface area contributed by atoms with Crippen LogP contribution in [0.2, 0.25) is 0 Å². The lowest BCUT2D eigenvalue weighted by Gasteiger charge is -2.34. The second-order valence-electron chi connectivity index (χ2n) is 6.31. The van der Waals surface area contributed by atoms with Crippen molar-refractivity contribution >= 4 is 0 Å². The molecule has 0 aromatic rings. The van der Waals surface area contributed by atoms with Crippen LogP contribution in [0.4, 0.5) is 0 Å². The van der Waals surface area contributed by atoms with Gasteiger partial charge in [-0.25, -0.2) is 0 Å². The first-order valence-corrected chi connectivity index (χ1v) is 7.36. The van der Waals surface area contributed by atoms with Crippen molar-refractivity contribution in [3.05, 3.63) is 0 Å². The van der Waals surface area contributed by atoms with Crippen molar-refractivity contribution in [2.75, 3.05) is 0 Å². The minimum atomic E-state index is 0.273. The normalized spacial score (nSPS) is 38.2. The number of nitrogens with one attached hydrogen (secondary N) is 1. The van der Waals surface area contributed by atoms with Gasteiger partial charge in [0.05, 0.1) is 12.0 Å². The molecule has 0 radical (unpaired) electrons. The molecule has 0 bridgehead atoms. The van der Waals surface area contributed by atoms with Gasteiger partial charge in [0.25, 0.3) is 0 Å². The summed E-state index contributed by atoms with van der Waals surface area (Å²) in [5.74, 6) is 1.98. The lowest BCUT2D eigenvalue weighted by molar-refractivity contribution is 0.216. The van der Waals surface area contributed by atoms with Crippen molar-refractivity contribution < 1.29 is 0 Å². The van der Waals surface area contributed by atoms with Crippen LogP contribution >= 0.6 is 0 Å². The first kappa shape index (κ1) is 12.9. The Hall–Kier alpha value is -0.550. The number of nitrogens with zero attached hydrogens (tertiary/aromatic N) is 1. The van der Waals surface area contributed by atoms with E-state index in [2.05, 4.69) is 25.2 Å². The molecule has 96 valence electrons. The van der Waals surface area contributed by atoms with Crippen LogP contribution in [0.5, 0.6) is 0 Å². The van der Waals surface area contributed by atoms with Crippen LogP contribution in [0, 0.1) is 29.1 Å². The van der Waals surface area contributed by atoms with Gasteiger partial charge in [-0.2, -0.15) is 5.26 Å². The van der Waals surface area contributed by atoms with E-state index in [1.807, 2.05) is 0 Å². The lowest BCUT2D eigenvalue weighted by atomic mass is 9.79. The molecule has 0 aliphatic heterocycles. The maximum Gasteiger partial charge on any atom is 0.0672 e. The van der Waals surface area contributed by atoms with E-state index >= 15 is 0 Å². The van der Waals surface area contributed by atoms with Crippen molar-refractivity contribution in [3.8, 4) is 6.07 Å². The van der Waals surface area contributed by atoms with E-state index in [-0.39, 0.29) is 5.92 Å². The van der Waals surface area contributed by atoms with Gasteiger partial charge in [0.15, 0.2) is 0 Å². The van der Waals surface area contributed by atoms with E-state index in [9.17, 15) is 0 Å². The molecule has 0 saturated heterocycles. The Morgan fingerprint density at radius 3 is 2.59 bits per heavy atom. The highest BCUT2D eigenvalue weighted by atomic mass is 15.0. The summed E-state index contributed by atoms with van der Waals surface area (Å²) in [6, 6.07) is 3.63. The molecule has 2 fully saturated rings. The van der Waals surface area contributed by atoms with Crippen molar-refractivity contribution in [1.82, 2.24) is 5.32 Å². The Kier molecular flexibility index (Phi) is 4.45. The average Bonchev–Trinajstić information content (AvgIpc) is 2.76. The smallest absolute Gasteiger partial charge is 0.0672 e. The summed E-state index contributed by atoms with van der Waals surface area (Å²) < 4.78 is 0. The third-order valence-corrected chi connectivity index (χ3v) is 4.79. The first-order chi connectivity index (χ1) is 8.20. The molecule has 2 nitrogen and oxygen atoms in total. The molecule has 2 aliphatic rings. The molecule has 1 N–H and O–H groups in total. The Balaban J connectivity index is 1.84. The van der Waals surface area contributed by atoms with Gasteiger partial charge in [0.2, 0.25) is 0 Å².